The Hall–Kier alpha value is -1.59. The second kappa shape index (κ2) is 5.19. The summed E-state index contributed by atoms with van der Waals surface area (Å²) in [5, 5.41) is 11.4. The van der Waals surface area contributed by atoms with E-state index in [-0.39, 0.29) is 12.1 Å². The van der Waals surface area contributed by atoms with Gasteiger partial charge in [-0.15, -0.1) is 5.10 Å². The predicted octanol–water partition coefficient (Wildman–Crippen LogP) is 1.52. The van der Waals surface area contributed by atoms with Gasteiger partial charge in [-0.3, -0.25) is 0 Å². The number of aromatic nitrogens is 3. The van der Waals surface area contributed by atoms with Gasteiger partial charge in [-0.05, 0) is 25.7 Å². The molecule has 2 aliphatic rings. The van der Waals surface area contributed by atoms with Gasteiger partial charge in [0.15, 0.2) is 0 Å². The van der Waals surface area contributed by atoms with Gasteiger partial charge in [-0.25, -0.2) is 9.48 Å². The molecule has 1 atom stereocenters. The molecule has 0 aromatic carbocycles. The highest BCUT2D eigenvalue weighted by Crippen LogP contribution is 2.39. The van der Waals surface area contributed by atoms with Crippen molar-refractivity contribution in [2.75, 3.05) is 19.6 Å². The lowest BCUT2D eigenvalue weighted by Gasteiger charge is -2.16. The minimum Gasteiger partial charge on any atom is -0.338 e. The smallest absolute Gasteiger partial charge is 0.317 e. The molecule has 2 fully saturated rings. The molecule has 1 saturated carbocycles. The summed E-state index contributed by atoms with van der Waals surface area (Å²) < 4.78 is 1.95. The molecule has 3 rings (SSSR count). The highest BCUT2D eigenvalue weighted by atomic mass is 16.2. The van der Waals surface area contributed by atoms with E-state index < -0.39 is 0 Å². The molecule has 19 heavy (non-hydrogen) atoms. The summed E-state index contributed by atoms with van der Waals surface area (Å²) in [5.41, 5.74) is 1.12. The lowest BCUT2D eigenvalue weighted by Crippen LogP contribution is -2.38. The number of nitrogens with one attached hydrogen (secondary N) is 1. The summed E-state index contributed by atoms with van der Waals surface area (Å²) >= 11 is 0. The Morgan fingerprint density at radius 3 is 3.05 bits per heavy atom. The van der Waals surface area contributed by atoms with E-state index in [4.69, 9.17) is 0 Å². The maximum absolute atomic E-state index is 11.9. The summed E-state index contributed by atoms with van der Waals surface area (Å²) in [6.07, 6.45) is 6.49. The summed E-state index contributed by atoms with van der Waals surface area (Å²) in [5.74, 6) is 0.638. The average Bonchev–Trinajstić information content (AvgIpc) is 2.96. The van der Waals surface area contributed by atoms with E-state index in [0.717, 1.165) is 38.2 Å². The number of nitrogens with zero attached hydrogens (tertiary/aromatic N) is 4. The lowest BCUT2D eigenvalue weighted by atomic mass is 10.2. The zero-order valence-corrected chi connectivity index (χ0v) is 11.4. The Kier molecular flexibility index (Phi) is 3.40. The van der Waals surface area contributed by atoms with Gasteiger partial charge in [0.2, 0.25) is 0 Å². The fourth-order valence-electron chi connectivity index (χ4n) is 2.52. The highest BCUT2D eigenvalue weighted by molar-refractivity contribution is 5.74. The van der Waals surface area contributed by atoms with Crippen molar-refractivity contribution in [3.05, 3.63) is 11.9 Å². The van der Waals surface area contributed by atoms with E-state index in [1.165, 1.54) is 12.8 Å². The Morgan fingerprint density at radius 1 is 1.47 bits per heavy atom. The van der Waals surface area contributed by atoms with Gasteiger partial charge in [0.05, 0.1) is 11.7 Å². The Bertz CT molecular complexity index is 454. The minimum absolute atomic E-state index is 0.0480. The van der Waals surface area contributed by atoms with Gasteiger partial charge in [0.1, 0.15) is 0 Å². The topological polar surface area (TPSA) is 63.1 Å². The van der Waals surface area contributed by atoms with Crippen molar-refractivity contribution in [3.63, 3.8) is 0 Å². The molecule has 0 bridgehead atoms. The molecule has 1 aromatic heterocycles. The molecule has 0 radical (unpaired) electrons. The number of hydrogen-bond donors (Lipinski definition) is 1. The summed E-state index contributed by atoms with van der Waals surface area (Å²) in [6, 6.07) is 0.333. The number of carbonyl (C=O) groups is 1. The summed E-state index contributed by atoms with van der Waals surface area (Å²) in [7, 11) is 0. The zero-order valence-electron chi connectivity index (χ0n) is 11.4. The molecule has 2 heterocycles. The fraction of sp³-hybridized carbons (Fsp3) is 0.769. The standard InChI is InChI=1S/C13H21N5O/c1-2-6-14-13(19)17-7-5-11(8-17)18-9-12(15-16-18)10-3-4-10/h9-11H,2-8H2,1H3,(H,14,19). The van der Waals surface area contributed by atoms with Crippen LogP contribution >= 0.6 is 0 Å². The Balaban J connectivity index is 1.56. The molecule has 0 spiro atoms. The van der Waals surface area contributed by atoms with Crippen molar-refractivity contribution in [3.8, 4) is 0 Å². The number of urea groups is 1. The first-order chi connectivity index (χ1) is 9.28. The third-order valence-corrected chi connectivity index (χ3v) is 3.87. The third-order valence-electron chi connectivity index (χ3n) is 3.87. The Labute approximate surface area is 113 Å². The number of likely N-dealkylation sites (tertiary alicyclic amines) is 1. The predicted molar refractivity (Wildman–Crippen MR) is 70.9 cm³/mol. The number of hydrogen-bond acceptors (Lipinski definition) is 3. The monoisotopic (exact) mass is 263 g/mol. The maximum atomic E-state index is 11.9. The van der Waals surface area contributed by atoms with Gasteiger partial charge in [0, 0.05) is 31.7 Å². The van der Waals surface area contributed by atoms with Crippen LogP contribution in [0.5, 0.6) is 0 Å². The van der Waals surface area contributed by atoms with Crippen LogP contribution in [0, 0.1) is 0 Å². The van der Waals surface area contributed by atoms with Gasteiger partial charge >= 0.3 is 6.03 Å². The van der Waals surface area contributed by atoms with Gasteiger partial charge in [-0.1, -0.05) is 12.1 Å². The van der Waals surface area contributed by atoms with Gasteiger partial charge < -0.3 is 10.2 Å². The van der Waals surface area contributed by atoms with Crippen molar-refractivity contribution in [1.82, 2.24) is 25.2 Å². The highest BCUT2D eigenvalue weighted by Gasteiger charge is 2.30. The second-order valence-corrected chi connectivity index (χ2v) is 5.52. The van der Waals surface area contributed by atoms with Crippen LogP contribution in [0.1, 0.15) is 50.3 Å². The van der Waals surface area contributed by atoms with Crippen LogP contribution < -0.4 is 5.32 Å². The zero-order chi connectivity index (χ0) is 13.2. The second-order valence-electron chi connectivity index (χ2n) is 5.52. The lowest BCUT2D eigenvalue weighted by molar-refractivity contribution is 0.207. The van der Waals surface area contributed by atoms with Crippen molar-refractivity contribution in [2.45, 2.75) is 44.6 Å². The van der Waals surface area contributed by atoms with Crippen molar-refractivity contribution < 1.29 is 4.79 Å². The Morgan fingerprint density at radius 2 is 2.32 bits per heavy atom. The molecular formula is C13H21N5O. The van der Waals surface area contributed by atoms with Gasteiger partial charge in [0.25, 0.3) is 0 Å². The number of rotatable bonds is 4. The van der Waals surface area contributed by atoms with E-state index in [0.29, 0.717) is 5.92 Å². The molecule has 6 nitrogen and oxygen atoms in total. The third kappa shape index (κ3) is 2.72. The van der Waals surface area contributed by atoms with E-state index >= 15 is 0 Å². The first-order valence-electron chi connectivity index (χ1n) is 7.22. The molecule has 1 aromatic rings. The van der Waals surface area contributed by atoms with Crippen LogP contribution in [0.15, 0.2) is 6.20 Å². The summed E-state index contributed by atoms with van der Waals surface area (Å²) in [6.45, 7) is 4.35. The van der Waals surface area contributed by atoms with E-state index in [2.05, 4.69) is 28.7 Å². The molecule has 104 valence electrons. The van der Waals surface area contributed by atoms with Crippen molar-refractivity contribution in [2.24, 2.45) is 0 Å². The molecule has 1 aliphatic heterocycles. The minimum atomic E-state index is 0.0480. The van der Waals surface area contributed by atoms with Crippen molar-refractivity contribution >= 4 is 6.03 Å². The largest absolute Gasteiger partial charge is 0.338 e. The molecule has 1 aliphatic carbocycles. The molecule has 6 heteroatoms. The SMILES string of the molecule is CCCNC(=O)N1CCC(n2cc(C3CC3)nn2)C1. The molecule has 2 amide bonds. The van der Waals surface area contributed by atoms with Gasteiger partial charge in [-0.2, -0.15) is 0 Å². The van der Waals surface area contributed by atoms with E-state index in [1.54, 1.807) is 0 Å². The summed E-state index contributed by atoms with van der Waals surface area (Å²) in [4.78, 5) is 13.7. The van der Waals surface area contributed by atoms with Crippen LogP contribution in [0.2, 0.25) is 0 Å². The molecular weight excluding hydrogens is 242 g/mol. The normalized spacial score (nSPS) is 22.8. The first kappa shape index (κ1) is 12.4. The quantitative estimate of drug-likeness (QED) is 0.896. The fourth-order valence-corrected chi connectivity index (χ4v) is 2.52. The van der Waals surface area contributed by atoms with Crippen LogP contribution in [0.3, 0.4) is 0 Å². The number of carbonyl (C=O) groups excluding carboxylic acids is 1. The van der Waals surface area contributed by atoms with Crippen molar-refractivity contribution in [1.29, 1.82) is 0 Å². The van der Waals surface area contributed by atoms with Crippen LogP contribution in [-0.4, -0.2) is 45.6 Å². The van der Waals surface area contributed by atoms with Crippen LogP contribution in [0.25, 0.3) is 0 Å². The maximum Gasteiger partial charge on any atom is 0.317 e. The van der Waals surface area contributed by atoms with E-state index in [1.807, 2.05) is 9.58 Å². The molecule has 1 saturated heterocycles. The molecule has 1 unspecified atom stereocenters. The van der Waals surface area contributed by atoms with E-state index in [9.17, 15) is 4.79 Å². The first-order valence-corrected chi connectivity index (χ1v) is 7.22. The van der Waals surface area contributed by atoms with Crippen LogP contribution in [0.4, 0.5) is 4.79 Å². The number of amides is 2. The average molecular weight is 263 g/mol. The molecule has 1 N–H and O–H groups in total. The van der Waals surface area contributed by atoms with Crippen LogP contribution in [-0.2, 0) is 0 Å².